The van der Waals surface area contributed by atoms with Crippen molar-refractivity contribution in [2.75, 3.05) is 31.5 Å². The normalized spacial score (nSPS) is 20.3. The van der Waals surface area contributed by atoms with Crippen LogP contribution in [0.4, 0.5) is 19.0 Å². The van der Waals surface area contributed by atoms with E-state index in [1.54, 1.807) is 0 Å². The predicted molar refractivity (Wildman–Crippen MR) is 70.5 cm³/mol. The van der Waals surface area contributed by atoms with Gasteiger partial charge in [0.15, 0.2) is 0 Å². The maximum absolute atomic E-state index is 12.3. The van der Waals surface area contributed by atoms with Crippen LogP contribution < -0.4 is 5.32 Å². The summed E-state index contributed by atoms with van der Waals surface area (Å²) in [5.41, 5.74) is 0.951. The summed E-state index contributed by atoms with van der Waals surface area (Å²) < 4.78 is 36.9. The molecule has 20 heavy (non-hydrogen) atoms. The molecule has 112 valence electrons. The molecule has 0 spiro atoms. The average Bonchev–Trinajstić information content (AvgIpc) is 2.82. The van der Waals surface area contributed by atoms with Crippen molar-refractivity contribution in [2.24, 2.45) is 5.92 Å². The molecule has 1 atom stereocenters. The summed E-state index contributed by atoms with van der Waals surface area (Å²) in [5.74, 6) is 0.975. The maximum Gasteiger partial charge on any atom is 0.401 e. The van der Waals surface area contributed by atoms with Crippen LogP contribution in [0.5, 0.6) is 0 Å². The van der Waals surface area contributed by atoms with Gasteiger partial charge in [-0.25, -0.2) is 9.97 Å². The van der Waals surface area contributed by atoms with Gasteiger partial charge in [-0.1, -0.05) is 6.92 Å². The Kier molecular flexibility index (Phi) is 4.80. The van der Waals surface area contributed by atoms with Crippen LogP contribution in [0.2, 0.25) is 0 Å². The third-order valence-corrected chi connectivity index (χ3v) is 3.43. The summed E-state index contributed by atoms with van der Waals surface area (Å²) in [5, 5.41) is 3.19. The molecule has 1 unspecified atom stereocenters. The molecule has 0 amide bonds. The maximum atomic E-state index is 12.3. The van der Waals surface area contributed by atoms with Crippen molar-refractivity contribution < 1.29 is 13.2 Å². The van der Waals surface area contributed by atoms with Crippen LogP contribution in [0.25, 0.3) is 0 Å². The highest BCUT2D eigenvalue weighted by Gasteiger charge is 2.34. The molecular weight excluding hydrogens is 269 g/mol. The molecule has 2 rings (SSSR count). The fraction of sp³-hybridized carbons (Fsp3) is 0.692. The summed E-state index contributed by atoms with van der Waals surface area (Å²) in [6.07, 6.45) is -0.981. The summed E-state index contributed by atoms with van der Waals surface area (Å²) in [4.78, 5) is 9.68. The lowest BCUT2D eigenvalue weighted by Gasteiger charge is -2.18. The predicted octanol–water partition coefficient (Wildman–Crippen LogP) is 2.34. The first-order valence-electron chi connectivity index (χ1n) is 6.80. The molecule has 4 nitrogen and oxygen atoms in total. The van der Waals surface area contributed by atoms with Crippen molar-refractivity contribution in [1.82, 2.24) is 14.9 Å². The number of rotatable bonds is 5. The second-order valence-electron chi connectivity index (χ2n) is 5.13. The van der Waals surface area contributed by atoms with Gasteiger partial charge in [0.25, 0.3) is 0 Å². The lowest BCUT2D eigenvalue weighted by Crippen LogP contribution is -2.33. The zero-order valence-corrected chi connectivity index (χ0v) is 11.5. The second kappa shape index (κ2) is 6.39. The molecule has 0 radical (unpaired) electrons. The van der Waals surface area contributed by atoms with Gasteiger partial charge in [-0.2, -0.15) is 13.2 Å². The van der Waals surface area contributed by atoms with E-state index in [4.69, 9.17) is 0 Å². The Labute approximate surface area is 116 Å². The van der Waals surface area contributed by atoms with Crippen LogP contribution in [-0.4, -0.2) is 47.2 Å². The molecular formula is C13H19F3N4. The minimum absolute atomic E-state index is 0.234. The number of hydrogen-bond acceptors (Lipinski definition) is 4. The van der Waals surface area contributed by atoms with Crippen LogP contribution in [0.15, 0.2) is 12.4 Å². The minimum Gasteiger partial charge on any atom is -0.370 e. The van der Waals surface area contributed by atoms with Crippen LogP contribution in [0.3, 0.4) is 0 Å². The Morgan fingerprint density at radius 1 is 1.40 bits per heavy atom. The first-order valence-corrected chi connectivity index (χ1v) is 6.80. The molecule has 1 N–H and O–H groups in total. The van der Waals surface area contributed by atoms with Crippen LogP contribution in [0.1, 0.15) is 19.0 Å². The zero-order chi connectivity index (χ0) is 14.6. The standard InChI is InChI=1S/C13H19F3N4/c1-2-11-5-12(19-9-18-11)17-6-10-3-4-20(7-10)8-13(14,15)16/h5,9-10H,2-4,6-8H2,1H3,(H,17,18,19). The fourth-order valence-electron chi connectivity index (χ4n) is 2.41. The van der Waals surface area contributed by atoms with Crippen molar-refractivity contribution in [3.63, 3.8) is 0 Å². The van der Waals surface area contributed by atoms with Crippen molar-refractivity contribution in [3.8, 4) is 0 Å². The van der Waals surface area contributed by atoms with Gasteiger partial charge in [0, 0.05) is 24.8 Å². The zero-order valence-electron chi connectivity index (χ0n) is 11.5. The van der Waals surface area contributed by atoms with Crippen molar-refractivity contribution >= 4 is 5.82 Å². The second-order valence-corrected chi connectivity index (χ2v) is 5.13. The average molecular weight is 288 g/mol. The SMILES string of the molecule is CCc1cc(NCC2CCN(CC(F)(F)F)C2)ncn1. The van der Waals surface area contributed by atoms with Crippen LogP contribution >= 0.6 is 0 Å². The first-order chi connectivity index (χ1) is 9.46. The van der Waals surface area contributed by atoms with Crippen molar-refractivity contribution in [2.45, 2.75) is 25.9 Å². The van der Waals surface area contributed by atoms with Gasteiger partial charge in [-0.05, 0) is 25.3 Å². The lowest BCUT2D eigenvalue weighted by atomic mass is 10.1. The van der Waals surface area contributed by atoms with Gasteiger partial charge in [0.2, 0.25) is 0 Å². The molecule has 1 aromatic heterocycles. The van der Waals surface area contributed by atoms with Crippen LogP contribution in [-0.2, 0) is 6.42 Å². The molecule has 0 bridgehead atoms. The molecule has 0 aromatic carbocycles. The molecule has 0 aliphatic carbocycles. The molecule has 1 fully saturated rings. The molecule has 1 saturated heterocycles. The monoisotopic (exact) mass is 288 g/mol. The number of nitrogens with zero attached hydrogens (tertiary/aromatic N) is 3. The Balaban J connectivity index is 1.78. The largest absolute Gasteiger partial charge is 0.401 e. The van der Waals surface area contributed by atoms with E-state index in [1.165, 1.54) is 11.2 Å². The van der Waals surface area contributed by atoms with E-state index in [-0.39, 0.29) is 5.92 Å². The minimum atomic E-state index is -4.11. The van der Waals surface area contributed by atoms with E-state index in [0.29, 0.717) is 19.6 Å². The molecule has 1 aromatic rings. The van der Waals surface area contributed by atoms with Crippen molar-refractivity contribution in [3.05, 3.63) is 18.1 Å². The Bertz CT molecular complexity index is 436. The quantitative estimate of drug-likeness (QED) is 0.903. The van der Waals surface area contributed by atoms with E-state index in [1.807, 2.05) is 13.0 Å². The highest BCUT2D eigenvalue weighted by atomic mass is 19.4. The molecule has 7 heteroatoms. The van der Waals surface area contributed by atoms with Gasteiger partial charge in [-0.15, -0.1) is 0 Å². The van der Waals surface area contributed by atoms with E-state index in [9.17, 15) is 13.2 Å². The number of aromatic nitrogens is 2. The number of hydrogen-bond donors (Lipinski definition) is 1. The highest BCUT2D eigenvalue weighted by molar-refractivity contribution is 5.34. The van der Waals surface area contributed by atoms with Gasteiger partial charge >= 0.3 is 6.18 Å². The summed E-state index contributed by atoms with van der Waals surface area (Å²) in [6, 6.07) is 1.88. The third-order valence-electron chi connectivity index (χ3n) is 3.43. The van der Waals surface area contributed by atoms with E-state index in [2.05, 4.69) is 15.3 Å². The molecule has 2 heterocycles. The smallest absolute Gasteiger partial charge is 0.370 e. The Morgan fingerprint density at radius 2 is 2.20 bits per heavy atom. The molecule has 0 saturated carbocycles. The van der Waals surface area contributed by atoms with Crippen molar-refractivity contribution in [1.29, 1.82) is 0 Å². The Morgan fingerprint density at radius 3 is 2.90 bits per heavy atom. The van der Waals surface area contributed by atoms with Crippen LogP contribution in [0, 0.1) is 5.92 Å². The first kappa shape index (κ1) is 15.0. The third kappa shape index (κ3) is 4.63. The summed E-state index contributed by atoms with van der Waals surface area (Å²) in [7, 11) is 0. The number of likely N-dealkylation sites (tertiary alicyclic amines) is 1. The molecule has 1 aliphatic heterocycles. The highest BCUT2D eigenvalue weighted by Crippen LogP contribution is 2.22. The van der Waals surface area contributed by atoms with Gasteiger partial charge in [-0.3, -0.25) is 4.90 Å². The number of alkyl halides is 3. The lowest BCUT2D eigenvalue weighted by molar-refractivity contribution is -0.143. The van der Waals surface area contributed by atoms with E-state index in [0.717, 1.165) is 24.4 Å². The number of anilines is 1. The number of nitrogens with one attached hydrogen (secondary N) is 1. The summed E-state index contributed by atoms with van der Waals surface area (Å²) in [6.45, 7) is 2.84. The van der Waals surface area contributed by atoms with E-state index < -0.39 is 12.7 Å². The van der Waals surface area contributed by atoms with Gasteiger partial charge < -0.3 is 5.32 Å². The topological polar surface area (TPSA) is 41.0 Å². The van der Waals surface area contributed by atoms with E-state index >= 15 is 0 Å². The fourth-order valence-corrected chi connectivity index (χ4v) is 2.41. The Hall–Kier alpha value is -1.37. The van der Waals surface area contributed by atoms with Gasteiger partial charge in [0.1, 0.15) is 12.1 Å². The number of aryl methyl sites for hydroxylation is 1. The molecule has 1 aliphatic rings. The van der Waals surface area contributed by atoms with Gasteiger partial charge in [0.05, 0.1) is 6.54 Å². The summed E-state index contributed by atoms with van der Waals surface area (Å²) >= 11 is 0. The number of halogens is 3.